The standard InChI is InChI=1S/C7H13N3/c1-3-4-8-9(2)7-10-5-6-10/h3-4H,1,5-7H2,2H3/b8-4+. The molecule has 0 saturated carbocycles. The van der Waals surface area contributed by atoms with E-state index < -0.39 is 0 Å². The summed E-state index contributed by atoms with van der Waals surface area (Å²) >= 11 is 0. The summed E-state index contributed by atoms with van der Waals surface area (Å²) in [4.78, 5) is 2.29. The third-order valence-electron chi connectivity index (χ3n) is 1.31. The quantitative estimate of drug-likeness (QED) is 0.318. The van der Waals surface area contributed by atoms with Crippen molar-refractivity contribution >= 4 is 6.21 Å². The average molecular weight is 139 g/mol. The maximum absolute atomic E-state index is 4.07. The molecular weight excluding hydrogens is 126 g/mol. The first-order valence-electron chi connectivity index (χ1n) is 3.41. The molecule has 0 aromatic heterocycles. The summed E-state index contributed by atoms with van der Waals surface area (Å²) in [5, 5.41) is 5.97. The zero-order chi connectivity index (χ0) is 7.40. The Labute approximate surface area is 61.6 Å². The summed E-state index contributed by atoms with van der Waals surface area (Å²) in [6.07, 6.45) is 3.38. The Morgan fingerprint density at radius 3 is 2.90 bits per heavy atom. The first-order chi connectivity index (χ1) is 4.83. The molecule has 3 heteroatoms. The summed E-state index contributed by atoms with van der Waals surface area (Å²) in [7, 11) is 1.96. The van der Waals surface area contributed by atoms with Crippen molar-refractivity contribution in [2.45, 2.75) is 0 Å². The van der Waals surface area contributed by atoms with Gasteiger partial charge in [-0.25, -0.2) is 0 Å². The van der Waals surface area contributed by atoms with Gasteiger partial charge in [0.25, 0.3) is 0 Å². The topological polar surface area (TPSA) is 18.6 Å². The van der Waals surface area contributed by atoms with Gasteiger partial charge in [0, 0.05) is 26.4 Å². The molecule has 0 unspecified atom stereocenters. The third kappa shape index (κ3) is 2.64. The Kier molecular flexibility index (Phi) is 2.45. The summed E-state index contributed by atoms with van der Waals surface area (Å²) in [6.45, 7) is 6.91. The van der Waals surface area contributed by atoms with Crippen molar-refractivity contribution < 1.29 is 0 Å². The number of hydrogen-bond donors (Lipinski definition) is 0. The minimum Gasteiger partial charge on any atom is -0.286 e. The summed E-state index contributed by atoms with van der Waals surface area (Å²) < 4.78 is 0. The van der Waals surface area contributed by atoms with E-state index in [-0.39, 0.29) is 0 Å². The zero-order valence-corrected chi connectivity index (χ0v) is 6.32. The second-order valence-corrected chi connectivity index (χ2v) is 2.42. The predicted octanol–water partition coefficient (Wildman–Crippen LogP) is 0.363. The lowest BCUT2D eigenvalue weighted by Gasteiger charge is -2.11. The van der Waals surface area contributed by atoms with E-state index in [2.05, 4.69) is 16.6 Å². The van der Waals surface area contributed by atoms with Crippen molar-refractivity contribution in [3.8, 4) is 0 Å². The largest absolute Gasteiger partial charge is 0.286 e. The lowest BCUT2D eigenvalue weighted by molar-refractivity contribution is 0.271. The molecule has 0 amide bonds. The van der Waals surface area contributed by atoms with Crippen LogP contribution in [0, 0.1) is 0 Å². The summed E-state index contributed by atoms with van der Waals surface area (Å²) in [5.41, 5.74) is 0. The van der Waals surface area contributed by atoms with E-state index in [0.717, 1.165) is 6.67 Å². The molecule has 0 bridgehead atoms. The normalized spacial score (nSPS) is 17.7. The maximum Gasteiger partial charge on any atom is 0.0877 e. The highest BCUT2D eigenvalue weighted by Crippen LogP contribution is 2.02. The second-order valence-electron chi connectivity index (χ2n) is 2.42. The van der Waals surface area contributed by atoms with Gasteiger partial charge in [0.2, 0.25) is 0 Å². The van der Waals surface area contributed by atoms with Gasteiger partial charge in [-0.1, -0.05) is 6.58 Å². The van der Waals surface area contributed by atoms with Gasteiger partial charge in [0.15, 0.2) is 0 Å². The van der Waals surface area contributed by atoms with Crippen LogP contribution >= 0.6 is 0 Å². The monoisotopic (exact) mass is 139 g/mol. The minimum absolute atomic E-state index is 0.935. The van der Waals surface area contributed by atoms with Crippen LogP contribution in [0.2, 0.25) is 0 Å². The van der Waals surface area contributed by atoms with Crippen LogP contribution in [0.1, 0.15) is 0 Å². The Bertz CT molecular complexity index is 138. The van der Waals surface area contributed by atoms with E-state index in [4.69, 9.17) is 0 Å². The Balaban J connectivity index is 2.12. The highest BCUT2D eigenvalue weighted by Gasteiger charge is 2.17. The van der Waals surface area contributed by atoms with E-state index in [9.17, 15) is 0 Å². The van der Waals surface area contributed by atoms with Crippen LogP contribution in [0.5, 0.6) is 0 Å². The van der Waals surface area contributed by atoms with Gasteiger partial charge in [-0.05, 0) is 6.08 Å². The summed E-state index contributed by atoms with van der Waals surface area (Å²) in [6, 6.07) is 0. The fraction of sp³-hybridized carbons (Fsp3) is 0.571. The van der Waals surface area contributed by atoms with Gasteiger partial charge in [-0.15, -0.1) is 0 Å². The first-order valence-corrected chi connectivity index (χ1v) is 3.41. The van der Waals surface area contributed by atoms with Crippen molar-refractivity contribution in [1.29, 1.82) is 0 Å². The van der Waals surface area contributed by atoms with Crippen LogP contribution in [0.3, 0.4) is 0 Å². The molecule has 0 aromatic carbocycles. The highest BCUT2D eigenvalue weighted by atomic mass is 15.5. The Hall–Kier alpha value is -0.830. The zero-order valence-electron chi connectivity index (χ0n) is 6.32. The van der Waals surface area contributed by atoms with Gasteiger partial charge in [-0.2, -0.15) is 5.10 Å². The van der Waals surface area contributed by atoms with Gasteiger partial charge >= 0.3 is 0 Å². The van der Waals surface area contributed by atoms with Crippen molar-refractivity contribution in [2.75, 3.05) is 26.8 Å². The molecule has 10 heavy (non-hydrogen) atoms. The molecular formula is C7H13N3. The average Bonchev–Trinajstić information content (AvgIpc) is 2.67. The predicted molar refractivity (Wildman–Crippen MR) is 42.9 cm³/mol. The number of allylic oxidation sites excluding steroid dienone is 1. The molecule has 1 aliphatic rings. The van der Waals surface area contributed by atoms with Crippen LogP contribution in [0.4, 0.5) is 0 Å². The maximum atomic E-state index is 4.07. The summed E-state index contributed by atoms with van der Waals surface area (Å²) in [5.74, 6) is 0. The lowest BCUT2D eigenvalue weighted by atomic mass is 10.7. The second kappa shape index (κ2) is 3.37. The van der Waals surface area contributed by atoms with Crippen LogP contribution in [-0.2, 0) is 0 Å². The fourth-order valence-electron chi connectivity index (χ4n) is 0.699. The molecule has 56 valence electrons. The Morgan fingerprint density at radius 1 is 1.70 bits per heavy atom. The van der Waals surface area contributed by atoms with Crippen LogP contribution in [-0.4, -0.2) is 42.9 Å². The number of nitrogens with zero attached hydrogens (tertiary/aromatic N) is 3. The minimum atomic E-state index is 0.935. The Morgan fingerprint density at radius 2 is 2.40 bits per heavy atom. The van der Waals surface area contributed by atoms with Crippen molar-refractivity contribution in [1.82, 2.24) is 9.91 Å². The molecule has 1 heterocycles. The van der Waals surface area contributed by atoms with Crippen LogP contribution in [0.25, 0.3) is 0 Å². The van der Waals surface area contributed by atoms with Crippen LogP contribution in [0.15, 0.2) is 17.8 Å². The van der Waals surface area contributed by atoms with E-state index in [1.54, 1.807) is 12.3 Å². The number of hydrogen-bond acceptors (Lipinski definition) is 3. The van der Waals surface area contributed by atoms with Gasteiger partial charge in [0.1, 0.15) is 0 Å². The highest BCUT2D eigenvalue weighted by molar-refractivity contribution is 5.69. The SMILES string of the molecule is C=C/C=N/N(C)CN1CC1. The first kappa shape index (κ1) is 7.28. The van der Waals surface area contributed by atoms with Gasteiger partial charge in [-0.3, -0.25) is 9.91 Å². The molecule has 1 saturated heterocycles. The van der Waals surface area contributed by atoms with E-state index in [1.165, 1.54) is 13.1 Å². The van der Waals surface area contributed by atoms with Gasteiger partial charge < -0.3 is 0 Å². The van der Waals surface area contributed by atoms with E-state index in [0.29, 0.717) is 0 Å². The van der Waals surface area contributed by atoms with Crippen molar-refractivity contribution in [3.63, 3.8) is 0 Å². The fourth-order valence-corrected chi connectivity index (χ4v) is 0.699. The molecule has 1 fully saturated rings. The molecule has 0 spiro atoms. The molecule has 1 rings (SSSR count). The smallest absolute Gasteiger partial charge is 0.0877 e. The molecule has 1 aliphatic heterocycles. The molecule has 0 atom stereocenters. The molecule has 0 aromatic rings. The van der Waals surface area contributed by atoms with E-state index >= 15 is 0 Å². The molecule has 0 N–H and O–H groups in total. The molecule has 0 aliphatic carbocycles. The van der Waals surface area contributed by atoms with Crippen molar-refractivity contribution in [2.24, 2.45) is 5.10 Å². The van der Waals surface area contributed by atoms with Gasteiger partial charge in [0.05, 0.1) is 6.67 Å². The number of hydrazone groups is 1. The van der Waals surface area contributed by atoms with Crippen LogP contribution < -0.4 is 0 Å². The third-order valence-corrected chi connectivity index (χ3v) is 1.31. The number of rotatable bonds is 4. The molecule has 0 radical (unpaired) electrons. The van der Waals surface area contributed by atoms with E-state index in [1.807, 2.05) is 12.1 Å². The molecule has 3 nitrogen and oxygen atoms in total. The lowest BCUT2D eigenvalue weighted by Crippen LogP contribution is -2.19. The van der Waals surface area contributed by atoms with Crippen molar-refractivity contribution in [3.05, 3.63) is 12.7 Å².